The summed E-state index contributed by atoms with van der Waals surface area (Å²) in [7, 11) is 0. The molecular formula is C14H27ClN2O2. The second-order valence-electron chi connectivity index (χ2n) is 5.49. The number of hydrogen-bond donors (Lipinski definition) is 2. The zero-order valence-electron chi connectivity index (χ0n) is 11.7. The molecule has 5 heteroatoms. The fourth-order valence-corrected chi connectivity index (χ4v) is 2.83. The van der Waals surface area contributed by atoms with Crippen molar-refractivity contribution in [1.82, 2.24) is 10.6 Å². The van der Waals surface area contributed by atoms with Gasteiger partial charge in [-0.15, -0.1) is 12.4 Å². The molecule has 1 heterocycles. The first-order valence-corrected chi connectivity index (χ1v) is 7.45. The van der Waals surface area contributed by atoms with Gasteiger partial charge in [-0.1, -0.05) is 25.7 Å². The van der Waals surface area contributed by atoms with E-state index in [-0.39, 0.29) is 24.2 Å². The average Bonchev–Trinajstić information content (AvgIpc) is 2.80. The molecule has 0 aromatic carbocycles. The van der Waals surface area contributed by atoms with Gasteiger partial charge in [0.1, 0.15) is 0 Å². The summed E-state index contributed by atoms with van der Waals surface area (Å²) in [5.74, 6) is 0.248. The van der Waals surface area contributed by atoms with E-state index in [1.54, 1.807) is 0 Å². The molecule has 19 heavy (non-hydrogen) atoms. The SMILES string of the molecule is Cl.O=C(NCCNC1CCCCCC1)C1CCOC1. The maximum atomic E-state index is 11.7. The highest BCUT2D eigenvalue weighted by Gasteiger charge is 2.22. The highest BCUT2D eigenvalue weighted by Crippen LogP contribution is 2.16. The van der Waals surface area contributed by atoms with E-state index in [0.29, 0.717) is 12.6 Å². The molecule has 1 saturated heterocycles. The van der Waals surface area contributed by atoms with E-state index in [0.717, 1.165) is 26.1 Å². The molecule has 1 amide bonds. The topological polar surface area (TPSA) is 50.4 Å². The summed E-state index contributed by atoms with van der Waals surface area (Å²) in [6.07, 6.45) is 8.94. The standard InChI is InChI=1S/C14H26N2O2.ClH/c17-14(12-7-10-18-11-12)16-9-8-15-13-5-3-1-2-4-6-13;/h12-13,15H,1-11H2,(H,16,17);1H. The Morgan fingerprint density at radius 1 is 1.05 bits per heavy atom. The third kappa shape index (κ3) is 6.11. The van der Waals surface area contributed by atoms with Gasteiger partial charge in [0.2, 0.25) is 5.91 Å². The second-order valence-corrected chi connectivity index (χ2v) is 5.49. The zero-order chi connectivity index (χ0) is 12.6. The van der Waals surface area contributed by atoms with Crippen molar-refractivity contribution in [2.75, 3.05) is 26.3 Å². The number of halogens is 1. The van der Waals surface area contributed by atoms with E-state index >= 15 is 0 Å². The van der Waals surface area contributed by atoms with Gasteiger partial charge in [0.05, 0.1) is 12.5 Å². The molecule has 0 aromatic rings. The third-order valence-corrected chi connectivity index (χ3v) is 4.01. The highest BCUT2D eigenvalue weighted by molar-refractivity contribution is 5.85. The van der Waals surface area contributed by atoms with E-state index in [1.807, 2.05) is 0 Å². The summed E-state index contributed by atoms with van der Waals surface area (Å²) in [5, 5.41) is 6.56. The number of amides is 1. The van der Waals surface area contributed by atoms with E-state index in [4.69, 9.17) is 4.74 Å². The molecule has 2 rings (SSSR count). The Morgan fingerprint density at radius 2 is 1.79 bits per heavy atom. The van der Waals surface area contributed by atoms with Crippen LogP contribution >= 0.6 is 12.4 Å². The quantitative estimate of drug-likeness (QED) is 0.600. The molecule has 2 fully saturated rings. The van der Waals surface area contributed by atoms with Gasteiger partial charge in [-0.25, -0.2) is 0 Å². The van der Waals surface area contributed by atoms with Crippen molar-refractivity contribution < 1.29 is 9.53 Å². The van der Waals surface area contributed by atoms with Crippen molar-refractivity contribution in [3.8, 4) is 0 Å². The van der Waals surface area contributed by atoms with Gasteiger partial charge in [0.25, 0.3) is 0 Å². The molecule has 0 bridgehead atoms. The Labute approximate surface area is 122 Å². The fraction of sp³-hybridized carbons (Fsp3) is 0.929. The minimum Gasteiger partial charge on any atom is -0.381 e. The smallest absolute Gasteiger partial charge is 0.225 e. The van der Waals surface area contributed by atoms with Gasteiger partial charge in [-0.2, -0.15) is 0 Å². The van der Waals surface area contributed by atoms with E-state index < -0.39 is 0 Å². The first kappa shape index (κ1) is 16.7. The molecule has 1 unspecified atom stereocenters. The van der Waals surface area contributed by atoms with E-state index in [1.165, 1.54) is 38.5 Å². The van der Waals surface area contributed by atoms with Crippen molar-refractivity contribution >= 4 is 18.3 Å². The molecule has 0 radical (unpaired) electrons. The molecule has 2 aliphatic rings. The number of hydrogen-bond acceptors (Lipinski definition) is 3. The monoisotopic (exact) mass is 290 g/mol. The van der Waals surface area contributed by atoms with Gasteiger partial charge in [0, 0.05) is 25.7 Å². The van der Waals surface area contributed by atoms with Gasteiger partial charge < -0.3 is 15.4 Å². The van der Waals surface area contributed by atoms with Crippen molar-refractivity contribution in [2.45, 2.75) is 51.0 Å². The minimum absolute atomic E-state index is 0. The Balaban J connectivity index is 0.00000180. The van der Waals surface area contributed by atoms with Crippen molar-refractivity contribution in [3.63, 3.8) is 0 Å². The van der Waals surface area contributed by atoms with E-state index in [2.05, 4.69) is 10.6 Å². The molecule has 1 saturated carbocycles. The summed E-state index contributed by atoms with van der Waals surface area (Å²) in [4.78, 5) is 11.7. The Hall–Kier alpha value is -0.320. The van der Waals surface area contributed by atoms with Crippen LogP contribution in [-0.4, -0.2) is 38.3 Å². The largest absolute Gasteiger partial charge is 0.381 e. The first-order chi connectivity index (χ1) is 8.86. The number of carbonyl (C=O) groups excluding carboxylic acids is 1. The summed E-state index contributed by atoms with van der Waals surface area (Å²) in [6, 6.07) is 0.666. The zero-order valence-corrected chi connectivity index (χ0v) is 12.5. The normalized spacial score (nSPS) is 24.5. The van der Waals surface area contributed by atoms with Crippen molar-refractivity contribution in [3.05, 3.63) is 0 Å². The predicted octanol–water partition coefficient (Wildman–Crippen LogP) is 1.87. The van der Waals surface area contributed by atoms with Crippen molar-refractivity contribution in [2.24, 2.45) is 5.92 Å². The number of rotatable bonds is 5. The maximum Gasteiger partial charge on any atom is 0.225 e. The van der Waals surface area contributed by atoms with Crippen molar-refractivity contribution in [1.29, 1.82) is 0 Å². The number of ether oxygens (including phenoxy) is 1. The molecular weight excluding hydrogens is 264 g/mol. The lowest BCUT2D eigenvalue weighted by molar-refractivity contribution is -0.124. The van der Waals surface area contributed by atoms with Crippen LogP contribution in [0.4, 0.5) is 0 Å². The molecule has 0 spiro atoms. The van der Waals surface area contributed by atoms with E-state index in [9.17, 15) is 4.79 Å². The third-order valence-electron chi connectivity index (χ3n) is 4.01. The highest BCUT2D eigenvalue weighted by atomic mass is 35.5. The number of carbonyl (C=O) groups is 1. The summed E-state index contributed by atoms with van der Waals surface area (Å²) in [6.45, 7) is 2.97. The van der Waals surface area contributed by atoms with Crippen LogP contribution in [0.1, 0.15) is 44.9 Å². The summed E-state index contributed by atoms with van der Waals surface area (Å²) >= 11 is 0. The van der Waals surface area contributed by atoms with Crippen LogP contribution in [-0.2, 0) is 9.53 Å². The lowest BCUT2D eigenvalue weighted by Gasteiger charge is -2.16. The van der Waals surface area contributed by atoms with Gasteiger partial charge in [-0.05, 0) is 19.3 Å². The number of nitrogens with one attached hydrogen (secondary N) is 2. The molecule has 2 N–H and O–H groups in total. The molecule has 112 valence electrons. The summed E-state index contributed by atoms with van der Waals surface area (Å²) < 4.78 is 5.22. The molecule has 1 aliphatic carbocycles. The Morgan fingerprint density at radius 3 is 2.42 bits per heavy atom. The Kier molecular flexibility index (Phi) is 8.42. The van der Waals surface area contributed by atoms with Crippen LogP contribution in [0, 0.1) is 5.92 Å². The predicted molar refractivity (Wildman–Crippen MR) is 78.7 cm³/mol. The minimum atomic E-state index is 0. The average molecular weight is 291 g/mol. The van der Waals surface area contributed by atoms with Crippen LogP contribution in [0.5, 0.6) is 0 Å². The maximum absolute atomic E-state index is 11.7. The van der Waals surface area contributed by atoms with Crippen LogP contribution in [0.15, 0.2) is 0 Å². The van der Waals surface area contributed by atoms with Gasteiger partial charge >= 0.3 is 0 Å². The molecule has 1 atom stereocenters. The second kappa shape index (κ2) is 9.56. The first-order valence-electron chi connectivity index (χ1n) is 7.45. The van der Waals surface area contributed by atoms with Gasteiger partial charge in [-0.3, -0.25) is 4.79 Å². The fourth-order valence-electron chi connectivity index (χ4n) is 2.83. The van der Waals surface area contributed by atoms with Gasteiger partial charge in [0.15, 0.2) is 0 Å². The molecule has 1 aliphatic heterocycles. The lowest BCUT2D eigenvalue weighted by Crippen LogP contribution is -2.39. The Bertz CT molecular complexity index is 250. The van der Waals surface area contributed by atoms with Crippen LogP contribution in [0.25, 0.3) is 0 Å². The lowest BCUT2D eigenvalue weighted by atomic mass is 10.1. The van der Waals surface area contributed by atoms with Crippen LogP contribution < -0.4 is 10.6 Å². The summed E-state index contributed by atoms with van der Waals surface area (Å²) in [5.41, 5.74) is 0. The van der Waals surface area contributed by atoms with Crippen LogP contribution in [0.3, 0.4) is 0 Å². The molecule has 4 nitrogen and oxygen atoms in total. The van der Waals surface area contributed by atoms with Crippen LogP contribution in [0.2, 0.25) is 0 Å². The molecule has 0 aromatic heterocycles.